The smallest absolute Gasteiger partial charge is 0.0187 e. The average Bonchev–Trinajstić information content (AvgIpc) is 2.22. The van der Waals surface area contributed by atoms with Gasteiger partial charge in [0.25, 0.3) is 0 Å². The van der Waals surface area contributed by atoms with E-state index in [1.54, 1.807) is 0 Å². The van der Waals surface area contributed by atoms with Gasteiger partial charge in [-0.15, -0.1) is 0 Å². The van der Waals surface area contributed by atoms with Gasteiger partial charge in [-0.05, 0) is 72.4 Å². The van der Waals surface area contributed by atoms with Crippen LogP contribution in [0.2, 0.25) is 0 Å². The minimum absolute atomic E-state index is 0.162. The zero-order valence-electron chi connectivity index (χ0n) is 19.6. The van der Waals surface area contributed by atoms with Crippen molar-refractivity contribution >= 4 is 0 Å². The summed E-state index contributed by atoms with van der Waals surface area (Å²) in [6.07, 6.45) is 0. The lowest BCUT2D eigenvalue weighted by Crippen LogP contribution is -2.62. The van der Waals surface area contributed by atoms with E-state index in [0.29, 0.717) is 18.0 Å². The summed E-state index contributed by atoms with van der Waals surface area (Å²) in [4.78, 5) is 5.21. The van der Waals surface area contributed by atoms with E-state index in [2.05, 4.69) is 114 Å². The van der Waals surface area contributed by atoms with E-state index in [-0.39, 0.29) is 21.9 Å². The lowest BCUT2D eigenvalue weighted by Gasteiger charge is -2.55. The Morgan fingerprint density at radius 1 is 0.500 bits per heavy atom. The number of nitrogens with zero attached hydrogens (tertiary/aromatic N) is 2. The molecule has 0 saturated carbocycles. The molecule has 0 radical (unpaired) electrons. The van der Waals surface area contributed by atoms with Gasteiger partial charge in [0.05, 0.1) is 0 Å². The Morgan fingerprint density at radius 2 is 0.708 bits per heavy atom. The van der Waals surface area contributed by atoms with Gasteiger partial charge in [-0.2, -0.15) is 0 Å². The minimum atomic E-state index is 0.162. The highest BCUT2D eigenvalue weighted by atomic mass is 15.2. The fraction of sp³-hybridized carbons (Fsp3) is 1.00. The molecule has 0 aromatic carbocycles. The van der Waals surface area contributed by atoms with Crippen molar-refractivity contribution in [2.75, 3.05) is 14.1 Å². The third-order valence-corrected chi connectivity index (χ3v) is 5.72. The topological polar surface area (TPSA) is 6.48 Å². The van der Waals surface area contributed by atoms with Crippen LogP contribution in [0.25, 0.3) is 0 Å². The molecular formula is C22H48N2. The lowest BCUT2D eigenvalue weighted by atomic mass is 9.68. The van der Waals surface area contributed by atoms with Crippen molar-refractivity contribution in [2.45, 2.75) is 113 Å². The molecule has 0 saturated heterocycles. The summed E-state index contributed by atoms with van der Waals surface area (Å²) < 4.78 is 0. The van der Waals surface area contributed by atoms with E-state index in [4.69, 9.17) is 0 Å². The monoisotopic (exact) mass is 340 g/mol. The molecule has 0 amide bonds. The molecule has 0 aromatic rings. The van der Waals surface area contributed by atoms with Gasteiger partial charge in [-0.3, -0.25) is 9.80 Å². The number of hydrogen-bond donors (Lipinski definition) is 0. The van der Waals surface area contributed by atoms with Crippen molar-refractivity contribution in [3.8, 4) is 0 Å². The first kappa shape index (κ1) is 23.9. The zero-order chi connectivity index (χ0) is 19.9. The van der Waals surface area contributed by atoms with Gasteiger partial charge in [0, 0.05) is 23.2 Å². The van der Waals surface area contributed by atoms with E-state index < -0.39 is 0 Å². The predicted molar refractivity (Wildman–Crippen MR) is 111 cm³/mol. The van der Waals surface area contributed by atoms with Crippen molar-refractivity contribution in [1.82, 2.24) is 9.80 Å². The molecule has 0 N–H and O–H groups in total. The van der Waals surface area contributed by atoms with Crippen LogP contribution in [0, 0.1) is 16.7 Å². The van der Waals surface area contributed by atoms with Crippen LogP contribution < -0.4 is 0 Å². The lowest BCUT2D eigenvalue weighted by molar-refractivity contribution is -0.0575. The summed E-state index contributed by atoms with van der Waals surface area (Å²) in [5.74, 6) is 0.554. The first-order chi connectivity index (χ1) is 10.2. The second-order valence-corrected chi connectivity index (χ2v) is 12.0. The van der Waals surface area contributed by atoms with Crippen LogP contribution in [0.3, 0.4) is 0 Å². The Hall–Kier alpha value is -0.0800. The third-order valence-electron chi connectivity index (χ3n) is 5.72. The van der Waals surface area contributed by atoms with Crippen LogP contribution in [0.4, 0.5) is 0 Å². The van der Waals surface area contributed by atoms with Gasteiger partial charge < -0.3 is 0 Å². The summed E-state index contributed by atoms with van der Waals surface area (Å²) in [6.45, 7) is 30.8. The van der Waals surface area contributed by atoms with E-state index in [9.17, 15) is 0 Å². The van der Waals surface area contributed by atoms with E-state index in [0.717, 1.165) is 0 Å². The van der Waals surface area contributed by atoms with Crippen LogP contribution in [0.1, 0.15) is 90.0 Å². The van der Waals surface area contributed by atoms with Gasteiger partial charge >= 0.3 is 0 Å². The molecule has 2 nitrogen and oxygen atoms in total. The zero-order valence-corrected chi connectivity index (χ0v) is 19.6. The normalized spacial score (nSPS) is 18.9. The second-order valence-electron chi connectivity index (χ2n) is 12.0. The highest BCUT2D eigenvalue weighted by Gasteiger charge is 2.46. The standard InChI is InChI=1S/C22H48N2/c1-16(17(19(2,3)4)23(14)21(8,9)10)18(20(5,6)7)24(15)22(11,12)13/h16-18H,1-15H3. The molecule has 0 aliphatic heterocycles. The van der Waals surface area contributed by atoms with Crippen molar-refractivity contribution in [3.63, 3.8) is 0 Å². The third kappa shape index (κ3) is 6.02. The fourth-order valence-electron chi connectivity index (χ4n) is 4.45. The molecule has 0 aromatic heterocycles. The van der Waals surface area contributed by atoms with Crippen LogP contribution in [0.5, 0.6) is 0 Å². The van der Waals surface area contributed by atoms with Crippen molar-refractivity contribution in [2.24, 2.45) is 16.7 Å². The van der Waals surface area contributed by atoms with E-state index >= 15 is 0 Å². The van der Waals surface area contributed by atoms with Gasteiger partial charge in [-0.1, -0.05) is 48.5 Å². The Morgan fingerprint density at radius 3 is 0.833 bits per heavy atom. The molecule has 2 heteroatoms. The Bertz CT molecular complexity index is 346. The largest absolute Gasteiger partial charge is 0.298 e. The molecule has 0 heterocycles. The maximum absolute atomic E-state index is 2.60. The SMILES string of the molecule is CC(C(N(C)C(C)(C)C)C(C)(C)C)C(N(C)C(C)(C)C)C(C)(C)C. The molecule has 2 atom stereocenters. The summed E-state index contributed by atoms with van der Waals surface area (Å²) in [5.41, 5.74) is 0.775. The number of hydrogen-bond acceptors (Lipinski definition) is 2. The second kappa shape index (κ2) is 7.27. The molecule has 2 unspecified atom stereocenters. The number of rotatable bonds is 4. The molecule has 24 heavy (non-hydrogen) atoms. The molecular weight excluding hydrogens is 292 g/mol. The summed E-state index contributed by atoms with van der Waals surface area (Å²) in [6, 6.07) is 1.01. The molecule has 146 valence electrons. The molecule has 0 aliphatic carbocycles. The first-order valence-electron chi connectivity index (χ1n) is 9.68. The van der Waals surface area contributed by atoms with Gasteiger partial charge in [0.15, 0.2) is 0 Å². The Balaban J connectivity index is 6.09. The fourth-order valence-corrected chi connectivity index (χ4v) is 4.45. The maximum atomic E-state index is 2.60. The van der Waals surface area contributed by atoms with Crippen LogP contribution in [-0.2, 0) is 0 Å². The Kier molecular flexibility index (Phi) is 7.25. The highest BCUT2D eigenvalue weighted by Crippen LogP contribution is 2.41. The van der Waals surface area contributed by atoms with Crippen LogP contribution >= 0.6 is 0 Å². The first-order valence-corrected chi connectivity index (χ1v) is 9.68. The van der Waals surface area contributed by atoms with Gasteiger partial charge in [0.2, 0.25) is 0 Å². The minimum Gasteiger partial charge on any atom is -0.298 e. The average molecular weight is 341 g/mol. The summed E-state index contributed by atoms with van der Waals surface area (Å²) >= 11 is 0. The molecule has 0 fully saturated rings. The van der Waals surface area contributed by atoms with Crippen molar-refractivity contribution in [3.05, 3.63) is 0 Å². The predicted octanol–water partition coefficient (Wildman–Crippen LogP) is 5.91. The van der Waals surface area contributed by atoms with Crippen LogP contribution in [-0.4, -0.2) is 47.1 Å². The van der Waals surface area contributed by atoms with Gasteiger partial charge in [0.1, 0.15) is 0 Å². The van der Waals surface area contributed by atoms with Crippen molar-refractivity contribution < 1.29 is 0 Å². The quantitative estimate of drug-likeness (QED) is 0.627. The molecule has 0 spiro atoms. The van der Waals surface area contributed by atoms with E-state index in [1.165, 1.54) is 0 Å². The maximum Gasteiger partial charge on any atom is 0.0187 e. The summed E-state index contributed by atoms with van der Waals surface area (Å²) in [5, 5.41) is 0. The van der Waals surface area contributed by atoms with Crippen molar-refractivity contribution in [1.29, 1.82) is 0 Å². The summed E-state index contributed by atoms with van der Waals surface area (Å²) in [7, 11) is 4.62. The van der Waals surface area contributed by atoms with E-state index in [1.807, 2.05) is 0 Å². The molecule has 0 rings (SSSR count). The Labute approximate surface area is 154 Å². The van der Waals surface area contributed by atoms with Gasteiger partial charge in [-0.25, -0.2) is 0 Å². The molecule has 0 bridgehead atoms. The molecule has 0 aliphatic rings. The highest BCUT2D eigenvalue weighted by molar-refractivity contribution is 5.00. The van der Waals surface area contributed by atoms with Crippen LogP contribution in [0.15, 0.2) is 0 Å².